The lowest BCUT2D eigenvalue weighted by Crippen LogP contribution is -2.64. The van der Waals surface area contributed by atoms with Gasteiger partial charge < -0.3 is 4.74 Å². The number of esters is 1. The van der Waals surface area contributed by atoms with Gasteiger partial charge in [-0.25, -0.2) is 0 Å². The maximum atomic E-state index is 12.6. The molecule has 3 heteroatoms. The van der Waals surface area contributed by atoms with Crippen LogP contribution in [0.15, 0.2) is 11.1 Å². The number of hydrogen-bond acceptors (Lipinski definition) is 3. The fourth-order valence-electron chi connectivity index (χ4n) is 10.7. The highest BCUT2D eigenvalue weighted by Crippen LogP contribution is 2.75. The van der Waals surface area contributed by atoms with Gasteiger partial charge in [-0.2, -0.15) is 0 Å². The first-order chi connectivity index (χ1) is 15.9. The van der Waals surface area contributed by atoms with Gasteiger partial charge in [-0.15, -0.1) is 0 Å². The fraction of sp³-hybridized carbons (Fsp3) is 0.871. The minimum atomic E-state index is -0.136. The van der Waals surface area contributed by atoms with Gasteiger partial charge in [0.05, 0.1) is 0 Å². The molecule has 34 heavy (non-hydrogen) atoms. The van der Waals surface area contributed by atoms with Crippen molar-refractivity contribution in [3.8, 4) is 0 Å². The second kappa shape index (κ2) is 7.94. The SMILES string of the molecule is CC(=O)OCC12CCC(C(C)C)=C1C1CCC3C4(C)CCC(=O)C(C)C4CCC3(C)[C@]1(C)CC2. The number of Topliss-reactive ketones (excluding diaryl/α,β-unsaturated/α-hetero) is 1. The van der Waals surface area contributed by atoms with Gasteiger partial charge >= 0.3 is 5.97 Å². The first-order valence-electron chi connectivity index (χ1n) is 14.3. The molecule has 5 aliphatic carbocycles. The highest BCUT2D eigenvalue weighted by atomic mass is 16.5. The Labute approximate surface area is 207 Å². The van der Waals surface area contributed by atoms with Gasteiger partial charge in [0.25, 0.3) is 0 Å². The van der Waals surface area contributed by atoms with Gasteiger partial charge in [0, 0.05) is 24.7 Å². The van der Waals surface area contributed by atoms with E-state index in [4.69, 9.17) is 4.74 Å². The third kappa shape index (κ3) is 3.13. The largest absolute Gasteiger partial charge is 0.465 e. The van der Waals surface area contributed by atoms with E-state index in [0.717, 1.165) is 25.7 Å². The second-order valence-corrected chi connectivity index (χ2v) is 14.1. The number of carbonyl (C=O) groups is 2. The Bertz CT molecular complexity index is 916. The third-order valence-electron chi connectivity index (χ3n) is 12.7. The van der Waals surface area contributed by atoms with Crippen molar-refractivity contribution in [1.29, 1.82) is 0 Å². The lowest BCUT2D eigenvalue weighted by molar-refractivity contribution is -0.202. The van der Waals surface area contributed by atoms with Crippen molar-refractivity contribution in [3.63, 3.8) is 0 Å². The molecule has 3 nitrogen and oxygen atoms in total. The van der Waals surface area contributed by atoms with Crippen LogP contribution in [-0.2, 0) is 14.3 Å². The summed E-state index contributed by atoms with van der Waals surface area (Å²) in [5, 5.41) is 0. The molecule has 4 saturated carbocycles. The van der Waals surface area contributed by atoms with Crippen LogP contribution in [-0.4, -0.2) is 18.4 Å². The maximum absolute atomic E-state index is 12.6. The van der Waals surface area contributed by atoms with Gasteiger partial charge in [-0.3, -0.25) is 9.59 Å². The highest BCUT2D eigenvalue weighted by Gasteiger charge is 2.68. The predicted octanol–water partition coefficient (Wildman–Crippen LogP) is 7.53. The molecule has 190 valence electrons. The summed E-state index contributed by atoms with van der Waals surface area (Å²) < 4.78 is 5.76. The smallest absolute Gasteiger partial charge is 0.302 e. The lowest BCUT2D eigenvalue weighted by atomic mass is 9.34. The van der Waals surface area contributed by atoms with Crippen molar-refractivity contribution in [1.82, 2.24) is 0 Å². The van der Waals surface area contributed by atoms with Crippen LogP contribution in [0.4, 0.5) is 0 Å². The molecule has 5 aliphatic rings. The van der Waals surface area contributed by atoms with Crippen molar-refractivity contribution in [3.05, 3.63) is 11.1 Å². The summed E-state index contributed by atoms with van der Waals surface area (Å²) in [6, 6.07) is 0. The Morgan fingerprint density at radius 3 is 2.38 bits per heavy atom. The van der Waals surface area contributed by atoms with E-state index in [1.807, 2.05) is 0 Å². The van der Waals surface area contributed by atoms with Crippen LogP contribution < -0.4 is 0 Å². The van der Waals surface area contributed by atoms with Crippen molar-refractivity contribution >= 4 is 11.8 Å². The van der Waals surface area contributed by atoms with Crippen LogP contribution in [0, 0.1) is 51.2 Å². The zero-order chi connectivity index (χ0) is 24.7. The Hall–Kier alpha value is -1.12. The van der Waals surface area contributed by atoms with E-state index in [0.29, 0.717) is 46.9 Å². The monoisotopic (exact) mass is 468 g/mol. The maximum Gasteiger partial charge on any atom is 0.302 e. The van der Waals surface area contributed by atoms with E-state index in [1.54, 1.807) is 18.1 Å². The summed E-state index contributed by atoms with van der Waals surface area (Å²) in [7, 11) is 0. The number of rotatable bonds is 3. The van der Waals surface area contributed by atoms with Crippen molar-refractivity contribution < 1.29 is 14.3 Å². The van der Waals surface area contributed by atoms with Gasteiger partial charge in [-0.1, -0.05) is 52.7 Å². The number of hydrogen-bond donors (Lipinski definition) is 0. The van der Waals surface area contributed by atoms with Crippen LogP contribution >= 0.6 is 0 Å². The Balaban J connectivity index is 1.55. The average Bonchev–Trinajstić information content (AvgIpc) is 3.16. The third-order valence-corrected chi connectivity index (χ3v) is 12.7. The number of allylic oxidation sites excluding steroid dienone is 1. The lowest BCUT2D eigenvalue weighted by Gasteiger charge is -2.70. The molecule has 0 aromatic carbocycles. The molecule has 0 spiro atoms. The van der Waals surface area contributed by atoms with Crippen LogP contribution in [0.25, 0.3) is 0 Å². The number of carbonyl (C=O) groups excluding carboxylic acids is 2. The van der Waals surface area contributed by atoms with E-state index < -0.39 is 0 Å². The molecule has 0 heterocycles. The molecule has 0 radical (unpaired) electrons. The summed E-state index contributed by atoms with van der Waals surface area (Å²) in [6.45, 7) is 17.0. The molecule has 0 aromatic heterocycles. The van der Waals surface area contributed by atoms with Crippen LogP contribution in [0.5, 0.6) is 0 Å². The molecule has 0 N–H and O–H groups in total. The van der Waals surface area contributed by atoms with Gasteiger partial charge in [0.2, 0.25) is 0 Å². The first-order valence-corrected chi connectivity index (χ1v) is 14.3. The quantitative estimate of drug-likeness (QED) is 0.317. The second-order valence-electron chi connectivity index (χ2n) is 14.1. The van der Waals surface area contributed by atoms with Crippen molar-refractivity contribution in [2.75, 3.05) is 6.61 Å². The molecular formula is C31H48O3. The Morgan fingerprint density at radius 1 is 0.971 bits per heavy atom. The molecule has 0 amide bonds. The van der Waals surface area contributed by atoms with Gasteiger partial charge in [0.15, 0.2) is 0 Å². The standard InChI is InChI=1S/C31H48O3/c1-19(2)22-10-15-31(18-34-21(4)32)17-16-29(6)24(27(22)31)8-9-26-28(5)13-12-25(33)20(3)23(28)11-14-30(26,29)7/h19-20,23-24,26H,8-18H2,1-7H3/t20?,23?,24?,26?,28?,29-,30?,31?/m1/s1. The molecule has 0 saturated heterocycles. The summed E-state index contributed by atoms with van der Waals surface area (Å²) >= 11 is 0. The summed E-state index contributed by atoms with van der Waals surface area (Å²) in [4.78, 5) is 24.5. The zero-order valence-electron chi connectivity index (χ0n) is 22.9. The molecule has 0 bridgehead atoms. The predicted molar refractivity (Wildman–Crippen MR) is 136 cm³/mol. The number of ketones is 1. The van der Waals surface area contributed by atoms with Crippen molar-refractivity contribution in [2.24, 2.45) is 51.2 Å². The minimum absolute atomic E-state index is 0.0749. The fourth-order valence-corrected chi connectivity index (χ4v) is 10.7. The minimum Gasteiger partial charge on any atom is -0.465 e. The van der Waals surface area contributed by atoms with E-state index in [1.165, 1.54) is 38.5 Å². The van der Waals surface area contributed by atoms with Crippen LogP contribution in [0.2, 0.25) is 0 Å². The normalized spacial score (nSPS) is 48.2. The van der Waals surface area contributed by atoms with E-state index >= 15 is 0 Å². The zero-order valence-corrected chi connectivity index (χ0v) is 22.9. The molecule has 0 aliphatic heterocycles. The molecule has 5 rings (SSSR count). The Kier molecular flexibility index (Phi) is 5.74. The summed E-state index contributed by atoms with van der Waals surface area (Å²) in [6.07, 6.45) is 11.7. The van der Waals surface area contributed by atoms with Gasteiger partial charge in [0.1, 0.15) is 12.4 Å². The number of ether oxygens (including phenoxy) is 1. The molecule has 8 atom stereocenters. The molecule has 4 fully saturated rings. The molecular weight excluding hydrogens is 420 g/mol. The van der Waals surface area contributed by atoms with E-state index in [9.17, 15) is 9.59 Å². The highest BCUT2D eigenvalue weighted by molar-refractivity contribution is 5.82. The average molecular weight is 469 g/mol. The topological polar surface area (TPSA) is 43.4 Å². The summed E-state index contributed by atoms with van der Waals surface area (Å²) in [5.41, 5.74) is 4.37. The molecule has 0 aromatic rings. The van der Waals surface area contributed by atoms with Crippen molar-refractivity contribution in [2.45, 2.75) is 113 Å². The first kappa shape index (κ1) is 24.6. The molecule has 7 unspecified atom stereocenters. The van der Waals surface area contributed by atoms with E-state index in [2.05, 4.69) is 41.5 Å². The summed E-state index contributed by atoms with van der Waals surface area (Å²) in [5.74, 6) is 3.07. The van der Waals surface area contributed by atoms with Gasteiger partial charge in [-0.05, 0) is 97.7 Å². The Morgan fingerprint density at radius 2 is 1.71 bits per heavy atom. The van der Waals surface area contributed by atoms with E-state index in [-0.39, 0.29) is 22.7 Å². The van der Waals surface area contributed by atoms with Crippen LogP contribution in [0.3, 0.4) is 0 Å². The van der Waals surface area contributed by atoms with Crippen LogP contribution in [0.1, 0.15) is 113 Å². The number of fused-ring (bicyclic) bond motifs is 7.